The molecule has 0 heterocycles. The van der Waals surface area contributed by atoms with Gasteiger partial charge in [0.1, 0.15) is 0 Å². The molecule has 2 atom stereocenters. The summed E-state index contributed by atoms with van der Waals surface area (Å²) in [6.45, 7) is 0. The van der Waals surface area contributed by atoms with E-state index in [4.69, 9.17) is 0 Å². The Bertz CT molecular complexity index is 785. The normalized spacial score (nSPS) is 18.0. The SMILES string of the molecule is OC(Cc1cccc2ccccc12)C1Cc2ccccc21. The van der Waals surface area contributed by atoms with E-state index in [9.17, 15) is 5.11 Å². The van der Waals surface area contributed by atoms with Gasteiger partial charge in [0.2, 0.25) is 0 Å². The van der Waals surface area contributed by atoms with Gasteiger partial charge in [0, 0.05) is 5.92 Å². The maximum Gasteiger partial charge on any atom is 0.0652 e. The number of hydrogen-bond donors (Lipinski definition) is 1. The van der Waals surface area contributed by atoms with Crippen molar-refractivity contribution >= 4 is 10.8 Å². The zero-order chi connectivity index (χ0) is 14.2. The van der Waals surface area contributed by atoms with Gasteiger partial charge in [-0.05, 0) is 40.3 Å². The van der Waals surface area contributed by atoms with Crippen molar-refractivity contribution in [2.45, 2.75) is 24.9 Å². The fourth-order valence-electron chi connectivity index (χ4n) is 3.48. The van der Waals surface area contributed by atoms with E-state index in [1.54, 1.807) is 0 Å². The average molecular weight is 274 g/mol. The minimum absolute atomic E-state index is 0.292. The zero-order valence-electron chi connectivity index (χ0n) is 11.9. The van der Waals surface area contributed by atoms with E-state index in [1.165, 1.54) is 27.5 Å². The van der Waals surface area contributed by atoms with Gasteiger partial charge in [-0.15, -0.1) is 0 Å². The van der Waals surface area contributed by atoms with E-state index in [2.05, 4.69) is 66.7 Å². The summed E-state index contributed by atoms with van der Waals surface area (Å²) in [5, 5.41) is 13.1. The van der Waals surface area contributed by atoms with E-state index in [0.29, 0.717) is 5.92 Å². The van der Waals surface area contributed by atoms with Crippen LogP contribution in [0.15, 0.2) is 66.7 Å². The monoisotopic (exact) mass is 274 g/mol. The quantitative estimate of drug-likeness (QED) is 0.763. The van der Waals surface area contributed by atoms with E-state index in [1.807, 2.05) is 0 Å². The van der Waals surface area contributed by atoms with Crippen molar-refractivity contribution in [2.24, 2.45) is 0 Å². The van der Waals surface area contributed by atoms with Crippen LogP contribution in [0.5, 0.6) is 0 Å². The molecule has 0 spiro atoms. The fourth-order valence-corrected chi connectivity index (χ4v) is 3.48. The highest BCUT2D eigenvalue weighted by molar-refractivity contribution is 5.85. The minimum Gasteiger partial charge on any atom is -0.392 e. The molecule has 1 aliphatic carbocycles. The van der Waals surface area contributed by atoms with Gasteiger partial charge in [-0.2, -0.15) is 0 Å². The molecular formula is C20H18O. The molecule has 0 radical (unpaired) electrons. The lowest BCUT2D eigenvalue weighted by Crippen LogP contribution is -2.30. The Labute approximate surface area is 124 Å². The van der Waals surface area contributed by atoms with Crippen LogP contribution in [0.25, 0.3) is 10.8 Å². The van der Waals surface area contributed by atoms with Gasteiger partial charge >= 0.3 is 0 Å². The number of fused-ring (bicyclic) bond motifs is 2. The van der Waals surface area contributed by atoms with Crippen molar-refractivity contribution in [3.63, 3.8) is 0 Å². The second kappa shape index (κ2) is 5.01. The van der Waals surface area contributed by atoms with Crippen LogP contribution in [0.2, 0.25) is 0 Å². The van der Waals surface area contributed by atoms with Gasteiger partial charge in [-0.25, -0.2) is 0 Å². The predicted octanol–water partition coefficient (Wildman–Crippen LogP) is 4.08. The minimum atomic E-state index is -0.300. The number of hydrogen-bond acceptors (Lipinski definition) is 1. The summed E-state index contributed by atoms with van der Waals surface area (Å²) in [5.74, 6) is 0.292. The van der Waals surface area contributed by atoms with Crippen LogP contribution in [-0.2, 0) is 12.8 Å². The van der Waals surface area contributed by atoms with E-state index in [-0.39, 0.29) is 6.10 Å². The van der Waals surface area contributed by atoms with Gasteiger partial charge in [0.25, 0.3) is 0 Å². The van der Waals surface area contributed by atoms with Gasteiger partial charge < -0.3 is 5.11 Å². The predicted molar refractivity (Wildman–Crippen MR) is 86.5 cm³/mol. The molecule has 3 aromatic rings. The molecule has 2 unspecified atom stereocenters. The largest absolute Gasteiger partial charge is 0.392 e. The van der Waals surface area contributed by atoms with Crippen LogP contribution in [0, 0.1) is 0 Å². The number of benzene rings is 3. The van der Waals surface area contributed by atoms with Crippen LogP contribution in [0.4, 0.5) is 0 Å². The third-order valence-electron chi connectivity index (χ3n) is 4.67. The third kappa shape index (κ3) is 2.14. The summed E-state index contributed by atoms with van der Waals surface area (Å²) in [7, 11) is 0. The van der Waals surface area contributed by atoms with E-state index < -0.39 is 0 Å². The molecule has 3 aromatic carbocycles. The summed E-state index contributed by atoms with van der Waals surface area (Å²) in [6.07, 6.45) is 1.42. The number of rotatable bonds is 3. The van der Waals surface area contributed by atoms with Gasteiger partial charge in [0.05, 0.1) is 6.10 Å². The summed E-state index contributed by atoms with van der Waals surface area (Å²) in [4.78, 5) is 0. The lowest BCUT2D eigenvalue weighted by molar-refractivity contribution is 0.133. The Hall–Kier alpha value is -2.12. The molecule has 1 nitrogen and oxygen atoms in total. The van der Waals surface area contributed by atoms with Crippen molar-refractivity contribution in [3.05, 3.63) is 83.4 Å². The zero-order valence-corrected chi connectivity index (χ0v) is 11.9. The molecule has 0 aliphatic heterocycles. The molecule has 4 rings (SSSR count). The van der Waals surface area contributed by atoms with Crippen LogP contribution in [0.3, 0.4) is 0 Å². The van der Waals surface area contributed by atoms with Crippen LogP contribution >= 0.6 is 0 Å². The Kier molecular flexibility index (Phi) is 3.01. The van der Waals surface area contributed by atoms with Gasteiger partial charge in [-0.3, -0.25) is 0 Å². The second-order valence-electron chi connectivity index (χ2n) is 5.92. The third-order valence-corrected chi connectivity index (χ3v) is 4.67. The summed E-state index contributed by atoms with van der Waals surface area (Å²) < 4.78 is 0. The highest BCUT2D eigenvalue weighted by atomic mass is 16.3. The summed E-state index contributed by atoms with van der Waals surface area (Å²) in [5.41, 5.74) is 3.95. The average Bonchev–Trinajstić information content (AvgIpc) is 2.49. The highest BCUT2D eigenvalue weighted by Crippen LogP contribution is 2.38. The molecule has 1 heteroatoms. The van der Waals surface area contributed by atoms with Crippen LogP contribution in [-0.4, -0.2) is 11.2 Å². The molecule has 0 saturated carbocycles. The van der Waals surface area contributed by atoms with E-state index in [0.717, 1.165) is 12.8 Å². The van der Waals surface area contributed by atoms with Crippen LogP contribution in [0.1, 0.15) is 22.6 Å². The maximum atomic E-state index is 10.6. The standard InChI is InChI=1S/C20H18O/c21-20(19-12-15-7-2-4-11-18(15)19)13-16-9-5-8-14-6-1-3-10-17(14)16/h1-11,19-21H,12-13H2. The smallest absolute Gasteiger partial charge is 0.0652 e. The molecular weight excluding hydrogens is 256 g/mol. The summed E-state index contributed by atoms with van der Waals surface area (Å²) in [6, 6.07) is 23.2. The molecule has 0 fully saturated rings. The van der Waals surface area contributed by atoms with Crippen molar-refractivity contribution in [3.8, 4) is 0 Å². The van der Waals surface area contributed by atoms with Gasteiger partial charge in [0.15, 0.2) is 0 Å². The Balaban J connectivity index is 1.61. The first kappa shape index (κ1) is 12.6. The Morgan fingerprint density at radius 1 is 0.905 bits per heavy atom. The van der Waals surface area contributed by atoms with Crippen molar-refractivity contribution in [1.29, 1.82) is 0 Å². The first-order valence-electron chi connectivity index (χ1n) is 7.55. The molecule has 0 amide bonds. The Morgan fingerprint density at radius 2 is 1.67 bits per heavy atom. The lowest BCUT2D eigenvalue weighted by Gasteiger charge is -2.34. The first-order chi connectivity index (χ1) is 10.3. The highest BCUT2D eigenvalue weighted by Gasteiger charge is 2.31. The molecule has 0 saturated heterocycles. The second-order valence-corrected chi connectivity index (χ2v) is 5.92. The van der Waals surface area contributed by atoms with Crippen molar-refractivity contribution < 1.29 is 5.11 Å². The first-order valence-corrected chi connectivity index (χ1v) is 7.55. The molecule has 0 bridgehead atoms. The van der Waals surface area contributed by atoms with Crippen molar-refractivity contribution in [1.82, 2.24) is 0 Å². The maximum absolute atomic E-state index is 10.6. The topological polar surface area (TPSA) is 20.2 Å². The fraction of sp³-hybridized carbons (Fsp3) is 0.200. The summed E-state index contributed by atoms with van der Waals surface area (Å²) >= 11 is 0. The lowest BCUT2D eigenvalue weighted by atomic mass is 9.73. The molecule has 0 aromatic heterocycles. The molecule has 1 N–H and O–H groups in total. The van der Waals surface area contributed by atoms with Crippen molar-refractivity contribution in [2.75, 3.05) is 0 Å². The number of aliphatic hydroxyl groups is 1. The Morgan fingerprint density at radius 3 is 2.57 bits per heavy atom. The number of aliphatic hydroxyl groups excluding tert-OH is 1. The molecule has 1 aliphatic rings. The molecule has 21 heavy (non-hydrogen) atoms. The molecule has 104 valence electrons. The van der Waals surface area contributed by atoms with Gasteiger partial charge in [-0.1, -0.05) is 66.7 Å². The van der Waals surface area contributed by atoms with E-state index >= 15 is 0 Å². The van der Waals surface area contributed by atoms with Crippen LogP contribution < -0.4 is 0 Å².